The van der Waals surface area contributed by atoms with Crippen LogP contribution in [0.1, 0.15) is 30.5 Å². The molecule has 2 aromatic rings. The second kappa shape index (κ2) is 6.45. The van der Waals surface area contributed by atoms with Crippen molar-refractivity contribution in [2.24, 2.45) is 5.10 Å². The van der Waals surface area contributed by atoms with Crippen LogP contribution in [0.4, 0.5) is 0 Å². The van der Waals surface area contributed by atoms with E-state index < -0.39 is 0 Å². The average molecular weight is 438 g/mol. The average Bonchev–Trinajstić information content (AvgIpc) is 2.96. The molecule has 0 fully saturated rings. The first kappa shape index (κ1) is 16.2. The number of halogens is 2. The van der Waals surface area contributed by atoms with Gasteiger partial charge in [-0.15, -0.1) is 0 Å². The molecule has 2 aromatic carbocycles. The Morgan fingerprint density at radius 2 is 1.87 bits per heavy atom. The van der Waals surface area contributed by atoms with Crippen molar-refractivity contribution >= 4 is 43.5 Å². The number of nitrogens with zero attached hydrogens (tertiary/aromatic N) is 2. The fourth-order valence-corrected chi connectivity index (χ4v) is 3.25. The molecule has 23 heavy (non-hydrogen) atoms. The minimum absolute atomic E-state index is 0.0946. The highest BCUT2D eigenvalue weighted by atomic mass is 79.9. The van der Waals surface area contributed by atoms with Crippen LogP contribution >= 0.6 is 31.9 Å². The maximum atomic E-state index is 12.0. The number of benzene rings is 2. The lowest BCUT2D eigenvalue weighted by Gasteiger charge is -2.20. The van der Waals surface area contributed by atoms with E-state index in [2.05, 4.69) is 37.0 Å². The number of phenols is 1. The molecule has 1 amide bonds. The lowest BCUT2D eigenvalue weighted by Crippen LogP contribution is -2.24. The summed E-state index contributed by atoms with van der Waals surface area (Å²) in [6.45, 7) is 1.52. The predicted octanol–water partition coefficient (Wildman–Crippen LogP) is 4.61. The maximum Gasteiger partial charge on any atom is 0.240 e. The van der Waals surface area contributed by atoms with E-state index in [1.54, 1.807) is 12.1 Å². The van der Waals surface area contributed by atoms with E-state index in [-0.39, 0.29) is 17.7 Å². The molecule has 4 nitrogen and oxygen atoms in total. The van der Waals surface area contributed by atoms with Gasteiger partial charge in [0.15, 0.2) is 0 Å². The first-order valence-electron chi connectivity index (χ1n) is 7.07. The summed E-state index contributed by atoms with van der Waals surface area (Å²) >= 11 is 6.96. The van der Waals surface area contributed by atoms with Crippen molar-refractivity contribution in [2.75, 3.05) is 0 Å². The normalized spacial score (nSPS) is 17.3. The van der Waals surface area contributed by atoms with Gasteiger partial charge in [-0.05, 0) is 79.4 Å². The monoisotopic (exact) mass is 436 g/mol. The van der Waals surface area contributed by atoms with E-state index in [9.17, 15) is 9.90 Å². The largest absolute Gasteiger partial charge is 0.508 e. The fraction of sp³-hybridized carbons (Fsp3) is 0.176. The lowest BCUT2D eigenvalue weighted by atomic mass is 9.98. The molecular formula is C17H14Br2N2O2. The zero-order chi connectivity index (χ0) is 16.6. The number of hydrazone groups is 1. The standard InChI is InChI=1S/C17H14Br2N2O2/c1-10(22)21-17(12-4-7-14(18)15(19)8-12)9-16(20-21)11-2-5-13(23)6-3-11/h2-8,17,23H,9H2,1H3. The van der Waals surface area contributed by atoms with E-state index in [0.29, 0.717) is 6.42 Å². The number of aromatic hydroxyl groups is 1. The van der Waals surface area contributed by atoms with Crippen LogP contribution in [0.3, 0.4) is 0 Å². The van der Waals surface area contributed by atoms with Crippen molar-refractivity contribution in [1.29, 1.82) is 0 Å². The second-order valence-corrected chi connectivity index (χ2v) is 7.06. The van der Waals surface area contributed by atoms with Crippen molar-refractivity contribution < 1.29 is 9.90 Å². The number of carbonyl (C=O) groups is 1. The Kier molecular flexibility index (Phi) is 4.55. The quantitative estimate of drug-likeness (QED) is 0.745. The zero-order valence-electron chi connectivity index (χ0n) is 12.3. The van der Waals surface area contributed by atoms with Crippen LogP contribution in [-0.2, 0) is 4.79 Å². The molecule has 3 rings (SSSR count). The molecule has 0 spiro atoms. The van der Waals surface area contributed by atoms with Gasteiger partial charge in [-0.2, -0.15) is 5.10 Å². The molecule has 1 heterocycles. The van der Waals surface area contributed by atoms with Gasteiger partial charge in [-0.25, -0.2) is 5.01 Å². The van der Waals surface area contributed by atoms with Gasteiger partial charge >= 0.3 is 0 Å². The minimum Gasteiger partial charge on any atom is -0.508 e. The first-order chi connectivity index (χ1) is 11.0. The van der Waals surface area contributed by atoms with Gasteiger partial charge in [-0.1, -0.05) is 6.07 Å². The van der Waals surface area contributed by atoms with Crippen LogP contribution in [-0.4, -0.2) is 21.7 Å². The summed E-state index contributed by atoms with van der Waals surface area (Å²) in [5.41, 5.74) is 2.77. The van der Waals surface area contributed by atoms with E-state index in [1.165, 1.54) is 11.9 Å². The molecule has 0 radical (unpaired) electrons. The van der Waals surface area contributed by atoms with Crippen LogP contribution in [0, 0.1) is 0 Å². The first-order valence-corrected chi connectivity index (χ1v) is 8.66. The van der Waals surface area contributed by atoms with E-state index in [0.717, 1.165) is 25.8 Å². The highest BCUT2D eigenvalue weighted by Gasteiger charge is 2.31. The highest BCUT2D eigenvalue weighted by Crippen LogP contribution is 2.35. The van der Waals surface area contributed by atoms with Gasteiger partial charge in [0, 0.05) is 22.3 Å². The second-order valence-electron chi connectivity index (χ2n) is 5.35. The minimum atomic E-state index is -0.124. The van der Waals surface area contributed by atoms with Crippen molar-refractivity contribution in [2.45, 2.75) is 19.4 Å². The van der Waals surface area contributed by atoms with Crippen molar-refractivity contribution in [1.82, 2.24) is 5.01 Å². The Morgan fingerprint density at radius 3 is 2.48 bits per heavy atom. The van der Waals surface area contributed by atoms with Crippen LogP contribution in [0.5, 0.6) is 5.75 Å². The van der Waals surface area contributed by atoms with Crippen LogP contribution in [0.2, 0.25) is 0 Å². The summed E-state index contributed by atoms with van der Waals surface area (Å²) in [7, 11) is 0. The van der Waals surface area contributed by atoms with Gasteiger partial charge in [0.1, 0.15) is 5.75 Å². The Hall–Kier alpha value is -1.66. The number of carbonyl (C=O) groups excluding carboxylic acids is 1. The lowest BCUT2D eigenvalue weighted by molar-refractivity contribution is -0.130. The van der Waals surface area contributed by atoms with E-state index in [4.69, 9.17) is 0 Å². The summed E-state index contributed by atoms with van der Waals surface area (Å²) in [6.07, 6.45) is 0.637. The molecule has 0 aliphatic carbocycles. The topological polar surface area (TPSA) is 52.9 Å². The van der Waals surface area contributed by atoms with Gasteiger partial charge in [0.25, 0.3) is 0 Å². The maximum absolute atomic E-state index is 12.0. The molecule has 0 saturated heterocycles. The third-order valence-corrected chi connectivity index (χ3v) is 5.64. The Balaban J connectivity index is 1.95. The number of hydrogen-bond acceptors (Lipinski definition) is 3. The summed E-state index contributed by atoms with van der Waals surface area (Å²) in [6, 6.07) is 12.7. The van der Waals surface area contributed by atoms with Crippen molar-refractivity contribution in [3.8, 4) is 5.75 Å². The number of hydrogen-bond donors (Lipinski definition) is 1. The van der Waals surface area contributed by atoms with E-state index >= 15 is 0 Å². The van der Waals surface area contributed by atoms with Crippen molar-refractivity contribution in [3.05, 3.63) is 62.5 Å². The summed E-state index contributed by atoms with van der Waals surface area (Å²) in [4.78, 5) is 12.0. The summed E-state index contributed by atoms with van der Waals surface area (Å²) < 4.78 is 1.91. The SMILES string of the molecule is CC(=O)N1N=C(c2ccc(O)cc2)CC1c1ccc(Br)c(Br)c1. The molecule has 1 atom stereocenters. The van der Waals surface area contributed by atoms with Gasteiger partial charge in [-0.3, -0.25) is 4.79 Å². The van der Waals surface area contributed by atoms with Crippen LogP contribution in [0.15, 0.2) is 56.5 Å². The molecule has 1 aliphatic heterocycles. The van der Waals surface area contributed by atoms with Gasteiger partial charge in [0.2, 0.25) is 5.91 Å². The van der Waals surface area contributed by atoms with Crippen LogP contribution < -0.4 is 0 Å². The molecule has 1 N–H and O–H groups in total. The van der Waals surface area contributed by atoms with Crippen LogP contribution in [0.25, 0.3) is 0 Å². The number of phenolic OH excluding ortho intramolecular Hbond substituents is 1. The molecule has 1 unspecified atom stereocenters. The van der Waals surface area contributed by atoms with Gasteiger partial charge in [0.05, 0.1) is 11.8 Å². The summed E-state index contributed by atoms with van der Waals surface area (Å²) in [5, 5.41) is 15.4. The summed E-state index contributed by atoms with van der Waals surface area (Å²) in [5.74, 6) is 0.118. The molecule has 0 saturated carbocycles. The van der Waals surface area contributed by atoms with Gasteiger partial charge < -0.3 is 5.11 Å². The Labute approximate surface area is 151 Å². The molecule has 1 aliphatic rings. The molecule has 6 heteroatoms. The third kappa shape index (κ3) is 3.33. The zero-order valence-corrected chi connectivity index (χ0v) is 15.5. The number of rotatable bonds is 2. The fourth-order valence-electron chi connectivity index (χ4n) is 2.61. The smallest absolute Gasteiger partial charge is 0.240 e. The van der Waals surface area contributed by atoms with Crippen molar-refractivity contribution in [3.63, 3.8) is 0 Å². The Morgan fingerprint density at radius 1 is 1.17 bits per heavy atom. The molecule has 0 aromatic heterocycles. The predicted molar refractivity (Wildman–Crippen MR) is 96.4 cm³/mol. The van der Waals surface area contributed by atoms with E-state index in [1.807, 2.05) is 30.3 Å². The third-order valence-electron chi connectivity index (χ3n) is 3.76. The highest BCUT2D eigenvalue weighted by molar-refractivity contribution is 9.13. The Bertz CT molecular complexity index is 788. The molecule has 118 valence electrons. The molecular weight excluding hydrogens is 424 g/mol. The molecule has 0 bridgehead atoms. The number of amides is 1.